The Morgan fingerprint density at radius 1 is 1.24 bits per heavy atom. The third-order valence-corrected chi connectivity index (χ3v) is 6.98. The Morgan fingerprint density at radius 3 is 2.67 bits per heavy atom. The number of nitrogens with zero attached hydrogens (tertiary/aromatic N) is 3. The minimum Gasteiger partial charge on any atom is -0.389 e. The Bertz CT molecular complexity index is 1000. The zero-order valence-electron chi connectivity index (χ0n) is 19.0. The smallest absolute Gasteiger partial charge is 0.389 e. The molecule has 33 heavy (non-hydrogen) atoms. The molecule has 2 aliphatic rings. The second-order valence-corrected chi connectivity index (χ2v) is 9.65. The highest BCUT2D eigenvalue weighted by Crippen LogP contribution is 2.37. The molecule has 3 heterocycles. The summed E-state index contributed by atoms with van der Waals surface area (Å²) >= 11 is 0. The number of hydrogen-bond donors (Lipinski definition) is 2. The lowest BCUT2D eigenvalue weighted by molar-refractivity contribution is -0.178. The van der Waals surface area contributed by atoms with Crippen LogP contribution >= 0.6 is 0 Å². The number of hydrogen-bond acceptors (Lipinski definition) is 5. The van der Waals surface area contributed by atoms with Gasteiger partial charge in [-0.15, -0.1) is 0 Å². The van der Waals surface area contributed by atoms with Gasteiger partial charge in [-0.3, -0.25) is 9.78 Å². The van der Waals surface area contributed by atoms with E-state index in [2.05, 4.69) is 15.2 Å². The van der Waals surface area contributed by atoms with Gasteiger partial charge in [0.15, 0.2) is 0 Å². The fourth-order valence-corrected chi connectivity index (χ4v) is 5.00. The van der Waals surface area contributed by atoms with E-state index in [0.717, 1.165) is 16.5 Å². The second-order valence-electron chi connectivity index (χ2n) is 9.65. The first-order chi connectivity index (χ1) is 15.5. The summed E-state index contributed by atoms with van der Waals surface area (Å²) < 4.78 is 41.4. The lowest BCUT2D eigenvalue weighted by Gasteiger charge is -2.41. The number of nitrogens with one attached hydrogen (secondary N) is 1. The second kappa shape index (κ2) is 9.10. The minimum atomic E-state index is -4.37. The molecule has 9 heteroatoms. The Morgan fingerprint density at radius 2 is 1.97 bits per heavy atom. The first-order valence-corrected chi connectivity index (χ1v) is 11.4. The van der Waals surface area contributed by atoms with Gasteiger partial charge >= 0.3 is 6.18 Å². The summed E-state index contributed by atoms with van der Waals surface area (Å²) in [5.74, 6) is -1.96. The molecule has 0 saturated carbocycles. The van der Waals surface area contributed by atoms with Gasteiger partial charge in [0, 0.05) is 49.5 Å². The van der Waals surface area contributed by atoms with E-state index in [1.807, 2.05) is 32.2 Å². The number of aliphatic hydroxyl groups is 1. The van der Waals surface area contributed by atoms with E-state index >= 15 is 0 Å². The molecule has 2 N–H and O–H groups in total. The molecule has 2 fully saturated rings. The van der Waals surface area contributed by atoms with Gasteiger partial charge in [0.25, 0.3) is 0 Å². The van der Waals surface area contributed by atoms with Crippen molar-refractivity contribution in [3.8, 4) is 0 Å². The number of pyridine rings is 1. The third kappa shape index (κ3) is 5.41. The van der Waals surface area contributed by atoms with Crippen LogP contribution in [-0.4, -0.2) is 71.9 Å². The standard InChI is InChI=1S/C24H31F3N4O2/c1-16-5-6-20(19-4-3-9-28-22(16)19)31-14-17(24(25,26)27)12-18(15-31)29-21(32)13-23(33)7-10-30(2)11-8-23/h3-6,9,17-18,33H,7-8,10-15H2,1-2H3,(H,29,32)/t17-,18+/m0/s1. The predicted octanol–water partition coefficient (Wildman–Crippen LogP) is 3.26. The van der Waals surface area contributed by atoms with Crippen molar-refractivity contribution in [3.05, 3.63) is 36.0 Å². The maximum absolute atomic E-state index is 13.8. The molecule has 1 aromatic carbocycles. The quantitative estimate of drug-likeness (QED) is 0.727. The van der Waals surface area contributed by atoms with Crippen LogP contribution in [0.5, 0.6) is 0 Å². The van der Waals surface area contributed by atoms with Crippen LogP contribution in [0.1, 0.15) is 31.2 Å². The largest absolute Gasteiger partial charge is 0.393 e. The molecule has 0 aliphatic carbocycles. The molecule has 0 spiro atoms. The number of aryl methyl sites for hydroxylation is 1. The van der Waals surface area contributed by atoms with Crippen molar-refractivity contribution in [2.45, 2.75) is 50.4 Å². The monoisotopic (exact) mass is 464 g/mol. The molecule has 0 bridgehead atoms. The number of aromatic nitrogens is 1. The van der Waals surface area contributed by atoms with Crippen molar-refractivity contribution >= 4 is 22.5 Å². The normalized spacial score (nSPS) is 24.1. The van der Waals surface area contributed by atoms with E-state index in [-0.39, 0.29) is 25.9 Å². The molecule has 1 aromatic heterocycles. The zero-order chi connectivity index (χ0) is 23.8. The molecule has 2 atom stereocenters. The van der Waals surface area contributed by atoms with Crippen molar-refractivity contribution in [1.29, 1.82) is 0 Å². The van der Waals surface area contributed by atoms with E-state index in [4.69, 9.17) is 0 Å². The van der Waals surface area contributed by atoms with Crippen LogP contribution in [0.2, 0.25) is 0 Å². The summed E-state index contributed by atoms with van der Waals surface area (Å²) in [6, 6.07) is 6.67. The van der Waals surface area contributed by atoms with Gasteiger partial charge in [-0.1, -0.05) is 6.07 Å². The van der Waals surface area contributed by atoms with Gasteiger partial charge in [0.1, 0.15) is 0 Å². The first-order valence-electron chi connectivity index (χ1n) is 11.4. The molecular weight excluding hydrogens is 433 g/mol. The van der Waals surface area contributed by atoms with Gasteiger partial charge < -0.3 is 20.2 Å². The Labute approximate surface area is 191 Å². The summed E-state index contributed by atoms with van der Waals surface area (Å²) in [7, 11) is 1.96. The number of fused-ring (bicyclic) bond motifs is 1. The molecule has 2 aliphatic heterocycles. The van der Waals surface area contributed by atoms with E-state index in [9.17, 15) is 23.1 Å². The first kappa shape index (κ1) is 23.8. The van der Waals surface area contributed by atoms with Crippen LogP contribution in [0.3, 0.4) is 0 Å². The van der Waals surface area contributed by atoms with Gasteiger partial charge in [-0.25, -0.2) is 0 Å². The van der Waals surface area contributed by atoms with Crippen LogP contribution in [0.15, 0.2) is 30.5 Å². The van der Waals surface area contributed by atoms with Gasteiger partial charge in [-0.05, 0) is 57.0 Å². The zero-order valence-corrected chi connectivity index (χ0v) is 19.0. The van der Waals surface area contributed by atoms with Crippen molar-refractivity contribution < 1.29 is 23.1 Å². The van der Waals surface area contributed by atoms with Crippen LogP contribution in [0.4, 0.5) is 18.9 Å². The molecule has 2 aromatic rings. The number of halogens is 3. The average Bonchev–Trinajstić information content (AvgIpc) is 2.75. The van der Waals surface area contributed by atoms with E-state index < -0.39 is 29.6 Å². The summed E-state index contributed by atoms with van der Waals surface area (Å²) in [5, 5.41) is 14.4. The summed E-state index contributed by atoms with van der Waals surface area (Å²) in [6.45, 7) is 3.40. The highest BCUT2D eigenvalue weighted by Gasteiger charge is 2.45. The highest BCUT2D eigenvalue weighted by molar-refractivity contribution is 5.93. The Kier molecular flexibility index (Phi) is 6.55. The van der Waals surface area contributed by atoms with Gasteiger partial charge in [0.05, 0.1) is 23.5 Å². The lowest BCUT2D eigenvalue weighted by Crippen LogP contribution is -2.55. The number of likely N-dealkylation sites (tertiary alicyclic amines) is 1. The van der Waals surface area contributed by atoms with Crippen LogP contribution in [0, 0.1) is 12.8 Å². The maximum Gasteiger partial charge on any atom is 0.393 e. The van der Waals surface area contributed by atoms with Gasteiger partial charge in [-0.2, -0.15) is 13.2 Å². The number of carbonyl (C=O) groups excluding carboxylic acids is 1. The molecule has 6 nitrogen and oxygen atoms in total. The van der Waals surface area contributed by atoms with E-state index in [1.54, 1.807) is 17.2 Å². The number of anilines is 1. The summed E-state index contributed by atoms with van der Waals surface area (Å²) in [4.78, 5) is 20.9. The molecule has 2 saturated heterocycles. The molecule has 0 radical (unpaired) electrons. The van der Waals surface area contributed by atoms with Crippen molar-refractivity contribution in [1.82, 2.24) is 15.2 Å². The maximum atomic E-state index is 13.8. The van der Waals surface area contributed by atoms with Crippen molar-refractivity contribution in [2.24, 2.45) is 5.92 Å². The summed E-state index contributed by atoms with van der Waals surface area (Å²) in [6.07, 6.45) is -2.01. The number of piperidine rings is 2. The number of rotatable bonds is 4. The average molecular weight is 465 g/mol. The van der Waals surface area contributed by atoms with Crippen LogP contribution in [0.25, 0.3) is 10.9 Å². The SMILES string of the molecule is Cc1ccc(N2C[C@H](NC(=O)CC3(O)CCN(C)CC3)C[C@H](C(F)(F)F)C2)c2cccnc12. The van der Waals surface area contributed by atoms with E-state index in [1.165, 1.54) is 0 Å². The lowest BCUT2D eigenvalue weighted by atomic mass is 9.87. The van der Waals surface area contributed by atoms with E-state index in [0.29, 0.717) is 31.6 Å². The fraction of sp³-hybridized carbons (Fsp3) is 0.583. The fourth-order valence-electron chi connectivity index (χ4n) is 5.00. The number of alkyl halides is 3. The molecule has 180 valence electrons. The topological polar surface area (TPSA) is 68.7 Å². The molecule has 4 rings (SSSR count). The van der Waals surface area contributed by atoms with Crippen LogP contribution in [-0.2, 0) is 4.79 Å². The van der Waals surface area contributed by atoms with Crippen molar-refractivity contribution in [3.63, 3.8) is 0 Å². The van der Waals surface area contributed by atoms with Crippen molar-refractivity contribution in [2.75, 3.05) is 38.1 Å². The molecule has 0 unspecified atom stereocenters. The third-order valence-electron chi connectivity index (χ3n) is 6.98. The van der Waals surface area contributed by atoms with Crippen LogP contribution < -0.4 is 10.2 Å². The molecule has 1 amide bonds. The Balaban J connectivity index is 1.53. The minimum absolute atomic E-state index is 0.0919. The summed E-state index contributed by atoms with van der Waals surface area (Å²) in [5.41, 5.74) is 1.29. The Hall–Kier alpha value is -2.39. The predicted molar refractivity (Wildman–Crippen MR) is 121 cm³/mol. The molecular formula is C24H31F3N4O2. The number of amides is 1. The highest BCUT2D eigenvalue weighted by atomic mass is 19.4. The number of carbonyl (C=O) groups is 1. The van der Waals surface area contributed by atoms with Gasteiger partial charge in [0.2, 0.25) is 5.91 Å². The number of benzene rings is 1.